The van der Waals surface area contributed by atoms with Crippen LogP contribution in [0.4, 0.5) is 23.0 Å². The molecule has 5 aromatic heterocycles. The van der Waals surface area contributed by atoms with Gasteiger partial charge in [0.15, 0.2) is 0 Å². The molecule has 1 aliphatic rings. The van der Waals surface area contributed by atoms with E-state index >= 15 is 0 Å². The first-order valence-corrected chi connectivity index (χ1v) is 25.4. The van der Waals surface area contributed by atoms with Crippen LogP contribution in [0.1, 0.15) is 48.6 Å². The SMILES string of the molecule is Cc1cccc2c3cccc(C)c3n(-c3nc(N4[CH-]N(c5[c-]c(Oc6[c-]c7c(cc6)c6ccccc6n7-c6cc(C(C)(C)C)ccn6)ccc5)c5ccccc54)nc(-n4c5c(C)cccc5c5cccc(C)c54)n3)c12.[Pt]. The molecule has 0 spiro atoms. The second kappa shape index (κ2) is 17.8. The summed E-state index contributed by atoms with van der Waals surface area (Å²) in [5.74, 6) is 3.45. The van der Waals surface area contributed by atoms with Crippen molar-refractivity contribution >= 4 is 88.4 Å². The molecule has 0 saturated heterocycles. The molecule has 1 aliphatic heterocycles. The Bertz CT molecular complexity index is 4240. The number of aromatic nitrogens is 7. The monoisotopic (exact) mass is 1170 g/mol. The van der Waals surface area contributed by atoms with Crippen LogP contribution in [0.15, 0.2) is 170 Å². The molecule has 0 bridgehead atoms. The van der Waals surface area contributed by atoms with Gasteiger partial charge in [0.25, 0.3) is 0 Å². The van der Waals surface area contributed by atoms with E-state index in [4.69, 9.17) is 24.7 Å². The number of nitrogens with zero attached hydrogens (tertiary/aromatic N) is 9. The van der Waals surface area contributed by atoms with E-state index in [1.165, 1.54) is 5.56 Å². The Morgan fingerprint density at radius 3 is 1.54 bits per heavy atom. The predicted octanol–water partition coefficient (Wildman–Crippen LogP) is 15.9. The molecule has 0 atom stereocenters. The predicted molar refractivity (Wildman–Crippen MR) is 304 cm³/mol. The molecule has 0 fully saturated rings. The molecule has 0 amide bonds. The number of ether oxygens (including phenoxy) is 1. The summed E-state index contributed by atoms with van der Waals surface area (Å²) in [6.45, 7) is 17.4. The fraction of sp³-hybridized carbons (Fsp3) is 0.123. The first kappa shape index (κ1) is 47.1. The van der Waals surface area contributed by atoms with E-state index in [9.17, 15) is 0 Å². The molecule has 8 aromatic carbocycles. The van der Waals surface area contributed by atoms with Gasteiger partial charge in [-0.1, -0.05) is 129 Å². The number of para-hydroxylation sites is 7. The van der Waals surface area contributed by atoms with Gasteiger partial charge in [0.1, 0.15) is 5.82 Å². The van der Waals surface area contributed by atoms with Crippen LogP contribution in [-0.2, 0) is 26.5 Å². The summed E-state index contributed by atoms with van der Waals surface area (Å²) in [4.78, 5) is 25.6. The Balaban J connectivity index is 0.00000553. The molecule has 14 rings (SSSR count). The number of hydrogen-bond acceptors (Lipinski definition) is 7. The van der Waals surface area contributed by atoms with E-state index in [-0.39, 0.29) is 26.5 Å². The molecule has 0 saturated carbocycles. The number of pyridine rings is 1. The Morgan fingerprint density at radius 2 is 0.961 bits per heavy atom. The van der Waals surface area contributed by atoms with Crippen LogP contribution in [0.3, 0.4) is 0 Å². The fourth-order valence-corrected chi connectivity index (χ4v) is 11.4. The van der Waals surface area contributed by atoms with Gasteiger partial charge in [0, 0.05) is 77.2 Å². The average molecular weight is 1170 g/mol. The maximum atomic E-state index is 6.71. The second-order valence-electron chi connectivity index (χ2n) is 20.7. The minimum atomic E-state index is -0.0471. The van der Waals surface area contributed by atoms with Crippen LogP contribution in [0, 0.1) is 46.5 Å². The smallest absolute Gasteiger partial charge is 0.241 e. The first-order valence-electron chi connectivity index (χ1n) is 25.4. The quantitative estimate of drug-likeness (QED) is 0.147. The van der Waals surface area contributed by atoms with Gasteiger partial charge >= 0.3 is 0 Å². The van der Waals surface area contributed by atoms with Crippen molar-refractivity contribution in [1.82, 2.24) is 33.6 Å². The van der Waals surface area contributed by atoms with E-state index in [1.807, 2.05) is 37.1 Å². The molecule has 11 heteroatoms. The van der Waals surface area contributed by atoms with E-state index < -0.39 is 0 Å². The zero-order valence-electron chi connectivity index (χ0n) is 43.0. The second-order valence-corrected chi connectivity index (χ2v) is 20.7. The summed E-state index contributed by atoms with van der Waals surface area (Å²) in [5, 5.41) is 6.77. The molecule has 76 heavy (non-hydrogen) atoms. The minimum absolute atomic E-state index is 0. The number of rotatable bonds is 7. The van der Waals surface area contributed by atoms with Crippen LogP contribution in [0.2, 0.25) is 0 Å². The maximum Gasteiger partial charge on any atom is 0.241 e. The molecular formula is C65H50N9OPt-3. The standard InChI is InChI=1S/C65H50N9O.Pt/c1-39-17-12-24-49-50-25-13-18-40(2)59(50)73(58(39)49)63-67-62(68-64(69-63)74-60-41(3)19-14-26-51(60)52-27-15-20-42(4)61(52)74)71-38-70(54-29-10-11-30-55(54)71)44-21-16-22-45(36-44)75-46-31-32-48-47-23-8-9-28-53(47)72(56(48)37-46)57-35-43(33-34-66-57)65(5,6)7;/h8-35,38H,1-7H3;/q-3;. The zero-order chi connectivity index (χ0) is 50.9. The summed E-state index contributed by atoms with van der Waals surface area (Å²) >= 11 is 0. The summed E-state index contributed by atoms with van der Waals surface area (Å²) in [6, 6.07) is 64.3. The molecular weight excluding hydrogens is 1120 g/mol. The van der Waals surface area contributed by atoms with Gasteiger partial charge in [0.05, 0.1) is 22.1 Å². The largest absolute Gasteiger partial charge is 0.509 e. The summed E-state index contributed by atoms with van der Waals surface area (Å²) in [6.07, 6.45) is 1.89. The van der Waals surface area contributed by atoms with Gasteiger partial charge in [-0.2, -0.15) is 27.1 Å². The Labute approximate surface area is 454 Å². The summed E-state index contributed by atoms with van der Waals surface area (Å²) < 4.78 is 13.4. The first-order chi connectivity index (χ1) is 36.5. The van der Waals surface area contributed by atoms with E-state index in [2.05, 4.69) is 224 Å². The third kappa shape index (κ3) is 7.33. The molecule has 13 aromatic rings. The number of benzene rings is 8. The number of anilines is 4. The van der Waals surface area contributed by atoms with Gasteiger partial charge in [0.2, 0.25) is 17.8 Å². The third-order valence-electron chi connectivity index (χ3n) is 14.9. The van der Waals surface area contributed by atoms with Crippen LogP contribution in [-0.4, -0.2) is 33.6 Å². The number of fused-ring (bicyclic) bond motifs is 10. The normalized spacial score (nSPS) is 12.7. The number of hydrogen-bond donors (Lipinski definition) is 0. The Hall–Kier alpha value is -8.59. The van der Waals surface area contributed by atoms with Gasteiger partial charge < -0.3 is 19.1 Å². The molecule has 0 radical (unpaired) electrons. The van der Waals surface area contributed by atoms with Crippen LogP contribution >= 0.6 is 0 Å². The van der Waals surface area contributed by atoms with E-state index in [0.29, 0.717) is 29.3 Å². The van der Waals surface area contributed by atoms with E-state index in [1.54, 1.807) is 0 Å². The zero-order valence-corrected chi connectivity index (χ0v) is 45.3. The van der Waals surface area contributed by atoms with Crippen molar-refractivity contribution in [3.63, 3.8) is 0 Å². The average Bonchev–Trinajstić information content (AvgIpc) is 4.18. The minimum Gasteiger partial charge on any atom is -0.509 e. The van der Waals surface area contributed by atoms with Gasteiger partial charge in [-0.3, -0.25) is 9.13 Å². The van der Waals surface area contributed by atoms with Crippen molar-refractivity contribution in [2.45, 2.75) is 53.9 Å². The Kier molecular flexibility index (Phi) is 11.0. The topological polar surface area (TPSA) is 82.1 Å². The fourth-order valence-electron chi connectivity index (χ4n) is 11.4. The molecule has 10 nitrogen and oxygen atoms in total. The van der Waals surface area contributed by atoms with Gasteiger partial charge in [-0.15, -0.1) is 48.1 Å². The van der Waals surface area contributed by atoms with Crippen molar-refractivity contribution < 1.29 is 25.8 Å². The molecule has 0 unspecified atom stereocenters. The van der Waals surface area contributed by atoms with Crippen LogP contribution < -0.4 is 14.5 Å². The molecule has 6 heterocycles. The van der Waals surface area contributed by atoms with Crippen molar-refractivity contribution in [2.75, 3.05) is 9.80 Å². The van der Waals surface area contributed by atoms with Crippen LogP contribution in [0.5, 0.6) is 11.5 Å². The van der Waals surface area contributed by atoms with Gasteiger partial charge in [-0.05, 0) is 96.6 Å². The number of aryl methyl sites for hydroxylation is 4. The van der Waals surface area contributed by atoms with E-state index in [0.717, 1.165) is 111 Å². The molecule has 374 valence electrons. The Morgan fingerprint density at radius 1 is 0.461 bits per heavy atom. The summed E-state index contributed by atoms with van der Waals surface area (Å²) in [5.41, 5.74) is 14.4. The van der Waals surface area contributed by atoms with Crippen molar-refractivity contribution in [3.8, 4) is 29.2 Å². The van der Waals surface area contributed by atoms with Crippen LogP contribution in [0.25, 0.3) is 83.1 Å². The third-order valence-corrected chi connectivity index (χ3v) is 14.9. The molecule has 0 aliphatic carbocycles. The van der Waals surface area contributed by atoms with Crippen molar-refractivity contribution in [1.29, 1.82) is 0 Å². The molecule has 0 N–H and O–H groups in total. The maximum absolute atomic E-state index is 6.71. The summed E-state index contributed by atoms with van der Waals surface area (Å²) in [7, 11) is 0. The van der Waals surface area contributed by atoms with Gasteiger partial charge in [-0.25, -0.2) is 4.98 Å². The van der Waals surface area contributed by atoms with Crippen molar-refractivity contribution in [3.05, 3.63) is 217 Å². The van der Waals surface area contributed by atoms with Crippen molar-refractivity contribution in [2.24, 2.45) is 0 Å².